The Balaban J connectivity index is 2.12. The summed E-state index contributed by atoms with van der Waals surface area (Å²) in [5, 5.41) is 1.39. The molecule has 0 aliphatic carbocycles. The molecule has 1 aliphatic rings. The standard InChI is InChI=1S/C23H29NO3/c1-21(2,3)23(18-12-8-6-9-13-18,19-14-10-7-11-15-19)27-24-17-16-22(4,5)26-20(24)25/h6-15H,16-17H2,1-5H3. The molecule has 0 unspecified atom stereocenters. The van der Waals surface area contributed by atoms with E-state index in [9.17, 15) is 4.79 Å². The van der Waals surface area contributed by atoms with Gasteiger partial charge in [0.05, 0.1) is 6.54 Å². The minimum Gasteiger partial charge on any atom is -0.442 e. The second-order valence-electron chi connectivity index (χ2n) is 8.73. The second-order valence-corrected chi connectivity index (χ2v) is 8.73. The van der Waals surface area contributed by atoms with Crippen molar-refractivity contribution in [3.05, 3.63) is 71.8 Å². The highest BCUT2D eigenvalue weighted by molar-refractivity contribution is 5.67. The molecule has 4 heteroatoms. The van der Waals surface area contributed by atoms with Gasteiger partial charge in [-0.25, -0.2) is 4.79 Å². The van der Waals surface area contributed by atoms with E-state index in [2.05, 4.69) is 45.0 Å². The van der Waals surface area contributed by atoms with Gasteiger partial charge < -0.3 is 4.74 Å². The van der Waals surface area contributed by atoms with E-state index in [0.29, 0.717) is 13.0 Å². The van der Waals surface area contributed by atoms with Crippen molar-refractivity contribution in [2.24, 2.45) is 5.41 Å². The van der Waals surface area contributed by atoms with E-state index in [-0.39, 0.29) is 5.41 Å². The van der Waals surface area contributed by atoms with Crippen LogP contribution in [0, 0.1) is 5.41 Å². The van der Waals surface area contributed by atoms with E-state index in [0.717, 1.165) is 11.1 Å². The molecule has 2 aromatic carbocycles. The molecule has 3 rings (SSSR count). The van der Waals surface area contributed by atoms with Crippen molar-refractivity contribution in [1.82, 2.24) is 5.06 Å². The Morgan fingerprint density at radius 2 is 1.41 bits per heavy atom. The molecular formula is C23H29NO3. The zero-order valence-corrected chi connectivity index (χ0v) is 16.9. The molecule has 1 fully saturated rings. The van der Waals surface area contributed by atoms with Crippen LogP contribution in [0.2, 0.25) is 0 Å². The van der Waals surface area contributed by atoms with Crippen molar-refractivity contribution in [1.29, 1.82) is 0 Å². The van der Waals surface area contributed by atoms with E-state index >= 15 is 0 Å². The molecule has 4 nitrogen and oxygen atoms in total. The molecular weight excluding hydrogens is 338 g/mol. The zero-order chi connectivity index (χ0) is 19.7. The van der Waals surface area contributed by atoms with Gasteiger partial charge in [0.2, 0.25) is 0 Å². The van der Waals surface area contributed by atoms with Crippen molar-refractivity contribution in [2.45, 2.75) is 52.2 Å². The summed E-state index contributed by atoms with van der Waals surface area (Å²) in [6.07, 6.45) is 0.273. The summed E-state index contributed by atoms with van der Waals surface area (Å²) < 4.78 is 5.58. The Kier molecular flexibility index (Phi) is 5.04. The predicted molar refractivity (Wildman–Crippen MR) is 106 cm³/mol. The minimum absolute atomic E-state index is 0.330. The number of hydroxylamine groups is 2. The number of rotatable bonds is 4. The molecule has 144 valence electrons. The van der Waals surface area contributed by atoms with Crippen LogP contribution in [-0.4, -0.2) is 23.3 Å². The summed E-state index contributed by atoms with van der Waals surface area (Å²) in [6, 6.07) is 20.2. The van der Waals surface area contributed by atoms with Gasteiger partial charge in [-0.1, -0.05) is 81.4 Å². The van der Waals surface area contributed by atoms with E-state index in [1.165, 1.54) is 5.06 Å². The number of nitrogens with zero attached hydrogens (tertiary/aromatic N) is 1. The smallest absolute Gasteiger partial charge is 0.434 e. The highest BCUT2D eigenvalue weighted by Crippen LogP contribution is 2.49. The molecule has 0 atom stereocenters. The Bertz CT molecular complexity index is 739. The maximum atomic E-state index is 12.7. The monoisotopic (exact) mass is 367 g/mol. The molecule has 1 amide bonds. The fourth-order valence-electron chi connectivity index (χ4n) is 3.67. The predicted octanol–water partition coefficient (Wildman–Crippen LogP) is 5.53. The Morgan fingerprint density at radius 3 is 1.81 bits per heavy atom. The largest absolute Gasteiger partial charge is 0.442 e. The maximum absolute atomic E-state index is 12.7. The molecule has 1 aliphatic heterocycles. The first kappa shape index (κ1) is 19.4. The van der Waals surface area contributed by atoms with Crippen LogP contribution in [0.1, 0.15) is 52.2 Å². The molecule has 0 saturated carbocycles. The minimum atomic E-state index is -0.837. The highest BCUT2D eigenvalue weighted by atomic mass is 16.7. The Hall–Kier alpha value is -2.33. The lowest BCUT2D eigenvalue weighted by molar-refractivity contribution is -0.266. The summed E-state index contributed by atoms with van der Waals surface area (Å²) in [7, 11) is 0. The van der Waals surface area contributed by atoms with Crippen molar-refractivity contribution >= 4 is 6.09 Å². The van der Waals surface area contributed by atoms with Gasteiger partial charge >= 0.3 is 6.09 Å². The Morgan fingerprint density at radius 1 is 0.926 bits per heavy atom. The first-order valence-corrected chi connectivity index (χ1v) is 9.46. The topological polar surface area (TPSA) is 38.8 Å². The van der Waals surface area contributed by atoms with Crippen LogP contribution in [0.4, 0.5) is 4.79 Å². The quantitative estimate of drug-likeness (QED) is 0.713. The molecule has 0 aromatic heterocycles. The SMILES string of the molecule is CC1(C)CCN(OC(c2ccccc2)(c2ccccc2)C(C)(C)C)C(=O)O1. The molecule has 0 radical (unpaired) electrons. The number of carbonyl (C=O) groups excluding carboxylic acids is 1. The number of carbonyl (C=O) groups is 1. The number of amides is 1. The zero-order valence-electron chi connectivity index (χ0n) is 16.9. The molecule has 0 spiro atoms. The second kappa shape index (κ2) is 7.01. The van der Waals surface area contributed by atoms with Gasteiger partial charge in [-0.3, -0.25) is 4.84 Å². The lowest BCUT2D eigenvalue weighted by Crippen LogP contribution is -2.54. The van der Waals surface area contributed by atoms with E-state index < -0.39 is 17.3 Å². The fourth-order valence-corrected chi connectivity index (χ4v) is 3.67. The Labute approximate surface area is 162 Å². The van der Waals surface area contributed by atoms with Crippen LogP contribution in [0.25, 0.3) is 0 Å². The van der Waals surface area contributed by atoms with Crippen LogP contribution < -0.4 is 0 Å². The fraction of sp³-hybridized carbons (Fsp3) is 0.435. The van der Waals surface area contributed by atoms with E-state index in [4.69, 9.17) is 9.57 Å². The normalized spacial score (nSPS) is 17.5. The number of ether oxygens (including phenoxy) is 1. The van der Waals surface area contributed by atoms with Gasteiger partial charge in [-0.2, -0.15) is 5.06 Å². The van der Waals surface area contributed by atoms with Gasteiger partial charge in [-0.15, -0.1) is 0 Å². The number of hydrogen-bond donors (Lipinski definition) is 0. The van der Waals surface area contributed by atoms with E-state index in [1.54, 1.807) is 0 Å². The van der Waals surface area contributed by atoms with Crippen LogP contribution in [0.5, 0.6) is 0 Å². The lowest BCUT2D eigenvalue weighted by Gasteiger charge is -2.48. The van der Waals surface area contributed by atoms with Crippen molar-refractivity contribution in [2.75, 3.05) is 6.54 Å². The number of hydrogen-bond acceptors (Lipinski definition) is 3. The molecule has 1 heterocycles. The molecule has 1 saturated heterocycles. The summed E-state index contributed by atoms with van der Waals surface area (Å²) in [5.74, 6) is 0. The summed E-state index contributed by atoms with van der Waals surface area (Å²) in [6.45, 7) is 10.7. The first-order valence-electron chi connectivity index (χ1n) is 9.46. The highest BCUT2D eigenvalue weighted by Gasteiger charge is 2.50. The van der Waals surface area contributed by atoms with Crippen LogP contribution >= 0.6 is 0 Å². The average Bonchev–Trinajstić information content (AvgIpc) is 2.61. The lowest BCUT2D eigenvalue weighted by atomic mass is 9.68. The number of cyclic esters (lactones) is 1. The molecule has 0 N–H and O–H groups in total. The van der Waals surface area contributed by atoms with Crippen molar-refractivity contribution in [3.63, 3.8) is 0 Å². The van der Waals surface area contributed by atoms with Crippen LogP contribution in [0.15, 0.2) is 60.7 Å². The average molecular weight is 367 g/mol. The van der Waals surface area contributed by atoms with Gasteiger partial charge in [0, 0.05) is 11.8 Å². The van der Waals surface area contributed by atoms with Gasteiger partial charge in [-0.05, 0) is 25.0 Å². The summed E-state index contributed by atoms with van der Waals surface area (Å²) >= 11 is 0. The third-order valence-corrected chi connectivity index (χ3v) is 5.15. The summed E-state index contributed by atoms with van der Waals surface area (Å²) in [4.78, 5) is 19.2. The van der Waals surface area contributed by atoms with Gasteiger partial charge in [0.1, 0.15) is 5.60 Å². The van der Waals surface area contributed by atoms with E-state index in [1.807, 2.05) is 50.2 Å². The molecule has 0 bridgehead atoms. The first-order chi connectivity index (χ1) is 12.7. The molecule has 2 aromatic rings. The summed E-state index contributed by atoms with van der Waals surface area (Å²) in [5.41, 5.74) is 0.363. The number of benzene rings is 2. The third-order valence-electron chi connectivity index (χ3n) is 5.15. The van der Waals surface area contributed by atoms with Crippen molar-refractivity contribution in [3.8, 4) is 0 Å². The van der Waals surface area contributed by atoms with Gasteiger partial charge in [0.15, 0.2) is 5.60 Å². The third kappa shape index (κ3) is 3.72. The van der Waals surface area contributed by atoms with Crippen LogP contribution in [-0.2, 0) is 15.2 Å². The molecule has 27 heavy (non-hydrogen) atoms. The maximum Gasteiger partial charge on any atom is 0.434 e. The van der Waals surface area contributed by atoms with Crippen LogP contribution in [0.3, 0.4) is 0 Å². The van der Waals surface area contributed by atoms with Gasteiger partial charge in [0.25, 0.3) is 0 Å². The van der Waals surface area contributed by atoms with Crippen molar-refractivity contribution < 1.29 is 14.4 Å².